The summed E-state index contributed by atoms with van der Waals surface area (Å²) in [4.78, 5) is 29.2. The molecule has 176 valence electrons. The normalized spacial score (nSPS) is 21.7. The number of amides is 2. The Morgan fingerprint density at radius 2 is 1.97 bits per heavy atom. The van der Waals surface area contributed by atoms with Crippen LogP contribution in [0.1, 0.15) is 32.3 Å². The molecule has 5 N–H and O–H groups in total. The monoisotopic (exact) mass is 461 g/mol. The first-order chi connectivity index (χ1) is 15.4. The van der Waals surface area contributed by atoms with Gasteiger partial charge in [0.1, 0.15) is 16.0 Å². The van der Waals surface area contributed by atoms with Crippen molar-refractivity contribution in [2.24, 2.45) is 5.73 Å². The van der Waals surface area contributed by atoms with Crippen molar-refractivity contribution < 1.29 is 14.7 Å². The van der Waals surface area contributed by atoms with Gasteiger partial charge in [-0.1, -0.05) is 23.9 Å². The third kappa shape index (κ3) is 6.17. The largest absolute Gasteiger partial charge is 0.394 e. The van der Waals surface area contributed by atoms with Gasteiger partial charge in [-0.25, -0.2) is 0 Å². The second-order valence-corrected chi connectivity index (χ2v) is 9.53. The van der Waals surface area contributed by atoms with Crippen LogP contribution in [0.15, 0.2) is 35.0 Å². The molecule has 0 radical (unpaired) electrons. The van der Waals surface area contributed by atoms with E-state index in [1.54, 1.807) is 11.8 Å². The average Bonchev–Trinajstić information content (AvgIpc) is 3.43. The molecule has 1 aromatic carbocycles. The Labute approximate surface area is 194 Å². The quantitative estimate of drug-likeness (QED) is 0.389. The Balaban J connectivity index is 1.55. The Bertz CT molecular complexity index is 823. The molecule has 8 nitrogen and oxygen atoms in total. The molecule has 2 aliphatic heterocycles. The van der Waals surface area contributed by atoms with Crippen molar-refractivity contribution >= 4 is 29.3 Å². The highest BCUT2D eigenvalue weighted by Crippen LogP contribution is 2.36. The number of nitrogens with two attached hydrogens (primary N) is 1. The molecule has 1 unspecified atom stereocenters. The predicted octanol–water partition coefficient (Wildman–Crippen LogP) is 1.33. The molecule has 0 saturated carbocycles. The third-order valence-corrected chi connectivity index (χ3v) is 7.16. The van der Waals surface area contributed by atoms with E-state index in [9.17, 15) is 9.59 Å². The molecule has 0 aromatic heterocycles. The highest BCUT2D eigenvalue weighted by molar-refractivity contribution is 8.04. The van der Waals surface area contributed by atoms with Crippen LogP contribution >= 0.6 is 11.8 Å². The van der Waals surface area contributed by atoms with Crippen LogP contribution in [-0.2, 0) is 16.0 Å². The summed E-state index contributed by atoms with van der Waals surface area (Å²) in [6.45, 7) is 7.78. The van der Waals surface area contributed by atoms with E-state index in [0.717, 1.165) is 18.7 Å². The topological polar surface area (TPSA) is 111 Å². The lowest BCUT2D eigenvalue weighted by Gasteiger charge is -2.17. The number of anilines is 1. The van der Waals surface area contributed by atoms with Crippen molar-refractivity contribution in [3.05, 3.63) is 40.6 Å². The summed E-state index contributed by atoms with van der Waals surface area (Å²) >= 11 is 1.31. The van der Waals surface area contributed by atoms with Crippen molar-refractivity contribution in [2.45, 2.75) is 44.4 Å². The van der Waals surface area contributed by atoms with Gasteiger partial charge in [-0.15, -0.1) is 0 Å². The van der Waals surface area contributed by atoms with Gasteiger partial charge in [0.15, 0.2) is 0 Å². The van der Waals surface area contributed by atoms with Gasteiger partial charge in [-0.05, 0) is 63.9 Å². The van der Waals surface area contributed by atoms with Gasteiger partial charge in [-0.2, -0.15) is 0 Å². The van der Waals surface area contributed by atoms with E-state index >= 15 is 0 Å². The number of hydrogen-bond donors (Lipinski definition) is 4. The van der Waals surface area contributed by atoms with Gasteiger partial charge >= 0.3 is 0 Å². The Hall–Kier alpha value is -2.23. The Kier molecular flexibility index (Phi) is 8.84. The van der Waals surface area contributed by atoms with E-state index in [-0.39, 0.29) is 23.5 Å². The second kappa shape index (κ2) is 11.6. The molecule has 2 atom stereocenters. The zero-order chi connectivity index (χ0) is 23.1. The van der Waals surface area contributed by atoms with Crippen molar-refractivity contribution in [3.63, 3.8) is 0 Å². The molecule has 3 rings (SSSR count). The number of likely N-dealkylation sites (tertiary alicyclic amines) is 1. The fourth-order valence-corrected chi connectivity index (χ4v) is 5.13. The van der Waals surface area contributed by atoms with Crippen LogP contribution in [0, 0.1) is 0 Å². The molecule has 2 saturated heterocycles. The smallest absolute Gasteiger partial charge is 0.270 e. The average molecular weight is 462 g/mol. The summed E-state index contributed by atoms with van der Waals surface area (Å²) in [6.07, 6.45) is 3.67. The predicted molar refractivity (Wildman–Crippen MR) is 129 cm³/mol. The molecule has 2 fully saturated rings. The van der Waals surface area contributed by atoms with Crippen LogP contribution in [0.4, 0.5) is 5.69 Å². The van der Waals surface area contributed by atoms with Crippen LogP contribution in [0.2, 0.25) is 0 Å². The number of carbonyl (C=O) groups is 2. The lowest BCUT2D eigenvalue weighted by molar-refractivity contribution is -0.127. The van der Waals surface area contributed by atoms with Gasteiger partial charge in [0, 0.05) is 31.4 Å². The van der Waals surface area contributed by atoms with Crippen LogP contribution in [-0.4, -0.2) is 77.3 Å². The van der Waals surface area contributed by atoms with Crippen molar-refractivity contribution in [3.8, 4) is 0 Å². The van der Waals surface area contributed by atoms with E-state index in [0.29, 0.717) is 18.1 Å². The number of aliphatic hydroxyl groups excluding tert-OH is 1. The zero-order valence-corrected chi connectivity index (χ0v) is 19.8. The zero-order valence-electron chi connectivity index (χ0n) is 19.0. The number of rotatable bonds is 10. The number of benzene rings is 1. The molecular weight excluding hydrogens is 426 g/mol. The van der Waals surface area contributed by atoms with Crippen LogP contribution in [0.25, 0.3) is 0 Å². The first-order valence-electron chi connectivity index (χ1n) is 11.4. The maximum atomic E-state index is 12.8. The van der Waals surface area contributed by atoms with E-state index < -0.39 is 11.9 Å². The van der Waals surface area contributed by atoms with E-state index in [1.165, 1.54) is 43.3 Å². The van der Waals surface area contributed by atoms with Crippen molar-refractivity contribution in [1.82, 2.24) is 15.1 Å². The second-order valence-electron chi connectivity index (χ2n) is 8.34. The molecule has 32 heavy (non-hydrogen) atoms. The Morgan fingerprint density at radius 3 is 2.59 bits per heavy atom. The molecule has 1 aromatic rings. The summed E-state index contributed by atoms with van der Waals surface area (Å²) in [5.41, 5.74) is 8.35. The maximum absolute atomic E-state index is 12.8. The summed E-state index contributed by atoms with van der Waals surface area (Å²) in [7, 11) is 0. The van der Waals surface area contributed by atoms with Gasteiger partial charge < -0.3 is 31.3 Å². The van der Waals surface area contributed by atoms with Gasteiger partial charge in [-0.3, -0.25) is 9.59 Å². The lowest BCUT2D eigenvalue weighted by Crippen LogP contribution is -2.39. The summed E-state index contributed by atoms with van der Waals surface area (Å²) in [5.74, 6) is -0.536. The van der Waals surface area contributed by atoms with E-state index in [2.05, 4.69) is 39.8 Å². The number of aliphatic hydroxyl groups is 1. The van der Waals surface area contributed by atoms with Gasteiger partial charge in [0.05, 0.1) is 6.61 Å². The minimum absolute atomic E-state index is 0.00959. The minimum atomic E-state index is -0.474. The van der Waals surface area contributed by atoms with Gasteiger partial charge in [0.2, 0.25) is 5.91 Å². The highest BCUT2D eigenvalue weighted by Gasteiger charge is 2.38. The number of hydrogen-bond acceptors (Lipinski definition) is 7. The standard InChI is InChI=1S/C23H35N5O3S/c1-3-28-22(31)19(32-23(28)20(24)21(30)26-16(2)15-29)14-25-18-8-6-17(7-9-18)10-13-27-11-4-5-12-27/h6-9,16,19,25,29H,3-5,10-15,24H2,1-2H3,(H,26,30)/b23-20+/t16?,19-/m1/s1. The molecule has 0 aliphatic carbocycles. The summed E-state index contributed by atoms with van der Waals surface area (Å²) < 4.78 is 0. The fourth-order valence-electron chi connectivity index (χ4n) is 3.90. The van der Waals surface area contributed by atoms with Crippen LogP contribution in [0.3, 0.4) is 0 Å². The number of thioether (sulfide) groups is 1. The molecule has 9 heteroatoms. The summed E-state index contributed by atoms with van der Waals surface area (Å²) in [6, 6.07) is 7.97. The van der Waals surface area contributed by atoms with Crippen molar-refractivity contribution in [2.75, 3.05) is 44.6 Å². The van der Waals surface area contributed by atoms with Crippen molar-refractivity contribution in [1.29, 1.82) is 0 Å². The van der Waals surface area contributed by atoms with Crippen LogP contribution in [0.5, 0.6) is 0 Å². The minimum Gasteiger partial charge on any atom is -0.394 e. The number of carbonyl (C=O) groups excluding carboxylic acids is 2. The Morgan fingerprint density at radius 1 is 1.28 bits per heavy atom. The molecule has 0 bridgehead atoms. The molecule has 2 amide bonds. The first kappa shape index (κ1) is 24.4. The number of nitrogens with zero attached hydrogens (tertiary/aromatic N) is 2. The maximum Gasteiger partial charge on any atom is 0.270 e. The third-order valence-electron chi connectivity index (χ3n) is 5.84. The SMILES string of the molecule is CCN1C(=O)[C@@H](CNc2ccc(CCN3CCCC3)cc2)S/C1=C(/N)C(=O)NC(C)CO. The lowest BCUT2D eigenvalue weighted by atomic mass is 10.1. The van der Waals surface area contributed by atoms with E-state index in [4.69, 9.17) is 10.8 Å². The molecular formula is C23H35N5O3S. The highest BCUT2D eigenvalue weighted by atomic mass is 32.2. The molecule has 0 spiro atoms. The van der Waals surface area contributed by atoms with Crippen LogP contribution < -0.4 is 16.4 Å². The molecule has 2 heterocycles. The molecule has 2 aliphatic rings. The first-order valence-corrected chi connectivity index (χ1v) is 12.3. The van der Waals surface area contributed by atoms with E-state index in [1.807, 2.05) is 6.92 Å². The summed E-state index contributed by atoms with van der Waals surface area (Å²) in [5, 5.41) is 15.2. The number of nitrogens with one attached hydrogen (secondary N) is 2. The fraction of sp³-hybridized carbons (Fsp3) is 0.565. The van der Waals surface area contributed by atoms with Gasteiger partial charge in [0.25, 0.3) is 5.91 Å².